The highest BCUT2D eigenvalue weighted by molar-refractivity contribution is 5.99. The van der Waals surface area contributed by atoms with E-state index in [9.17, 15) is 14.9 Å². The third-order valence-electron chi connectivity index (χ3n) is 5.68. The van der Waals surface area contributed by atoms with Gasteiger partial charge in [0.05, 0.1) is 12.5 Å². The molecule has 0 unspecified atom stereocenters. The highest BCUT2D eigenvalue weighted by Crippen LogP contribution is 2.29. The van der Waals surface area contributed by atoms with Crippen LogP contribution in [-0.4, -0.2) is 13.1 Å². The Morgan fingerprint density at radius 1 is 0.972 bits per heavy atom. The van der Waals surface area contributed by atoms with Crippen molar-refractivity contribution in [3.63, 3.8) is 0 Å². The average molecular weight is 482 g/mol. The lowest BCUT2D eigenvalue weighted by molar-refractivity contribution is -0.129. The third kappa shape index (κ3) is 5.13. The number of aryl methyl sites for hydroxylation is 2. The second-order valence-electron chi connectivity index (χ2n) is 8.23. The quantitative estimate of drug-likeness (QED) is 0.143. The van der Waals surface area contributed by atoms with Crippen LogP contribution in [0.4, 0.5) is 0 Å². The van der Waals surface area contributed by atoms with E-state index in [2.05, 4.69) is 0 Å². The Morgan fingerprint density at radius 3 is 2.39 bits per heavy atom. The first-order valence-electron chi connectivity index (χ1n) is 11.1. The molecule has 0 aliphatic rings. The van der Waals surface area contributed by atoms with E-state index in [4.69, 9.17) is 18.6 Å². The minimum Gasteiger partial charge on any atom is -0.497 e. The summed E-state index contributed by atoms with van der Waals surface area (Å²) in [6, 6.07) is 17.0. The Labute approximate surface area is 207 Å². The summed E-state index contributed by atoms with van der Waals surface area (Å²) in [5.41, 5.74) is 3.31. The number of nitrogens with zero attached hydrogens (tertiary/aromatic N) is 1. The summed E-state index contributed by atoms with van der Waals surface area (Å²) in [6.07, 6.45) is 2.65. The SMILES string of the molecule is COc1ccc(/C=C(\C#N)C(=O)Oc2ccc3c(=O)c(Oc4cc(C)cc(C)c4C)coc3c2)cc1. The Hall–Kier alpha value is -4.83. The molecule has 0 N–H and O–H groups in total. The van der Waals surface area contributed by atoms with Gasteiger partial charge in [-0.05, 0) is 79.4 Å². The van der Waals surface area contributed by atoms with Gasteiger partial charge in [0.15, 0.2) is 0 Å². The minimum absolute atomic E-state index is 0.0505. The molecule has 0 spiro atoms. The highest BCUT2D eigenvalue weighted by atomic mass is 16.5. The first-order valence-corrected chi connectivity index (χ1v) is 11.1. The van der Waals surface area contributed by atoms with Crippen molar-refractivity contribution in [2.45, 2.75) is 20.8 Å². The largest absolute Gasteiger partial charge is 0.497 e. The van der Waals surface area contributed by atoms with Crippen molar-refractivity contribution in [1.82, 2.24) is 0 Å². The Morgan fingerprint density at radius 2 is 1.69 bits per heavy atom. The lowest BCUT2D eigenvalue weighted by atomic mass is 10.1. The van der Waals surface area contributed by atoms with E-state index in [0.717, 1.165) is 16.7 Å². The van der Waals surface area contributed by atoms with Crippen LogP contribution in [0.2, 0.25) is 0 Å². The second kappa shape index (κ2) is 10.2. The van der Waals surface area contributed by atoms with Crippen LogP contribution in [0.5, 0.6) is 23.0 Å². The summed E-state index contributed by atoms with van der Waals surface area (Å²) in [7, 11) is 1.55. The van der Waals surface area contributed by atoms with Crippen LogP contribution < -0.4 is 19.6 Å². The van der Waals surface area contributed by atoms with E-state index in [1.165, 1.54) is 30.5 Å². The Balaban J connectivity index is 1.57. The summed E-state index contributed by atoms with van der Waals surface area (Å²) in [4.78, 5) is 25.6. The Bertz CT molecular complexity index is 1590. The summed E-state index contributed by atoms with van der Waals surface area (Å²) in [6.45, 7) is 5.85. The number of rotatable bonds is 6. The number of nitriles is 1. The predicted octanol–water partition coefficient (Wildman–Crippen LogP) is 6.03. The van der Waals surface area contributed by atoms with E-state index in [0.29, 0.717) is 17.1 Å². The van der Waals surface area contributed by atoms with Gasteiger partial charge in [0.25, 0.3) is 0 Å². The fourth-order valence-electron chi connectivity index (χ4n) is 3.62. The van der Waals surface area contributed by atoms with Crippen molar-refractivity contribution >= 4 is 23.0 Å². The van der Waals surface area contributed by atoms with E-state index in [-0.39, 0.29) is 33.5 Å². The van der Waals surface area contributed by atoms with E-state index in [1.54, 1.807) is 31.4 Å². The lowest BCUT2D eigenvalue weighted by Gasteiger charge is -2.12. The van der Waals surface area contributed by atoms with Crippen LogP contribution in [-0.2, 0) is 4.79 Å². The van der Waals surface area contributed by atoms with E-state index in [1.807, 2.05) is 39.0 Å². The number of carbonyl (C=O) groups excluding carboxylic acids is 1. The maximum absolute atomic E-state index is 13.0. The molecule has 0 atom stereocenters. The fraction of sp³-hybridized carbons (Fsp3) is 0.138. The fourth-order valence-corrected chi connectivity index (χ4v) is 3.62. The van der Waals surface area contributed by atoms with Gasteiger partial charge in [-0.25, -0.2) is 4.79 Å². The summed E-state index contributed by atoms with van der Waals surface area (Å²) < 4.78 is 22.0. The number of benzene rings is 3. The average Bonchev–Trinajstić information content (AvgIpc) is 2.87. The second-order valence-corrected chi connectivity index (χ2v) is 8.23. The summed E-state index contributed by atoms with van der Waals surface area (Å²) >= 11 is 0. The van der Waals surface area contributed by atoms with Gasteiger partial charge in [0, 0.05) is 6.07 Å². The van der Waals surface area contributed by atoms with Crippen molar-refractivity contribution in [3.05, 3.63) is 98.9 Å². The zero-order valence-electron chi connectivity index (χ0n) is 20.2. The molecule has 4 rings (SSSR count). The van der Waals surface area contributed by atoms with Gasteiger partial charge in [-0.1, -0.05) is 18.2 Å². The molecule has 0 amide bonds. The number of fused-ring (bicyclic) bond motifs is 1. The van der Waals surface area contributed by atoms with Crippen molar-refractivity contribution in [2.24, 2.45) is 0 Å². The number of hydrogen-bond acceptors (Lipinski definition) is 7. The van der Waals surface area contributed by atoms with Crippen LogP contribution >= 0.6 is 0 Å². The van der Waals surface area contributed by atoms with Gasteiger partial charge < -0.3 is 18.6 Å². The van der Waals surface area contributed by atoms with Crippen LogP contribution in [0.15, 0.2) is 75.6 Å². The molecule has 180 valence electrons. The van der Waals surface area contributed by atoms with E-state index >= 15 is 0 Å². The van der Waals surface area contributed by atoms with E-state index < -0.39 is 5.97 Å². The molecule has 36 heavy (non-hydrogen) atoms. The Kier molecular flexibility index (Phi) is 6.88. The van der Waals surface area contributed by atoms with Crippen LogP contribution in [0.1, 0.15) is 22.3 Å². The van der Waals surface area contributed by atoms with Crippen LogP contribution in [0.3, 0.4) is 0 Å². The van der Waals surface area contributed by atoms with Crippen molar-refractivity contribution < 1.29 is 23.4 Å². The molecule has 0 aliphatic heterocycles. The molecular weight excluding hydrogens is 458 g/mol. The minimum atomic E-state index is -0.833. The molecular formula is C29H23NO6. The van der Waals surface area contributed by atoms with Crippen LogP contribution in [0, 0.1) is 32.1 Å². The van der Waals surface area contributed by atoms with Crippen LogP contribution in [0.25, 0.3) is 17.0 Å². The third-order valence-corrected chi connectivity index (χ3v) is 5.68. The smallest absolute Gasteiger partial charge is 0.354 e. The molecule has 0 bridgehead atoms. The van der Waals surface area contributed by atoms with Gasteiger partial charge in [-0.15, -0.1) is 0 Å². The topological polar surface area (TPSA) is 98.8 Å². The molecule has 0 fully saturated rings. The molecule has 7 nitrogen and oxygen atoms in total. The van der Waals surface area contributed by atoms with Gasteiger partial charge in [0.1, 0.15) is 40.7 Å². The summed E-state index contributed by atoms with van der Waals surface area (Å²) in [5.74, 6) is 0.584. The molecule has 0 saturated carbocycles. The molecule has 1 heterocycles. The monoisotopic (exact) mass is 481 g/mol. The molecule has 0 aliphatic carbocycles. The zero-order chi connectivity index (χ0) is 25.8. The molecule has 3 aromatic carbocycles. The first kappa shape index (κ1) is 24.3. The number of hydrogen-bond donors (Lipinski definition) is 0. The zero-order valence-corrected chi connectivity index (χ0v) is 20.2. The lowest BCUT2D eigenvalue weighted by Crippen LogP contribution is -2.10. The molecule has 7 heteroatoms. The predicted molar refractivity (Wildman–Crippen MR) is 135 cm³/mol. The molecule has 0 radical (unpaired) electrons. The van der Waals surface area contributed by atoms with Crippen molar-refractivity contribution in [2.75, 3.05) is 7.11 Å². The van der Waals surface area contributed by atoms with Crippen molar-refractivity contribution in [1.29, 1.82) is 5.26 Å². The maximum Gasteiger partial charge on any atom is 0.354 e. The van der Waals surface area contributed by atoms with Gasteiger partial charge in [-0.2, -0.15) is 5.26 Å². The number of ether oxygens (including phenoxy) is 3. The number of carbonyl (C=O) groups is 1. The van der Waals surface area contributed by atoms with Gasteiger partial charge in [-0.3, -0.25) is 4.79 Å². The van der Waals surface area contributed by atoms with Gasteiger partial charge >= 0.3 is 5.97 Å². The standard InChI is InChI=1S/C29H23NO6/c1-17-11-18(2)19(3)25(12-17)36-27-16-34-26-14-23(9-10-24(26)28(27)31)35-29(32)21(15-30)13-20-5-7-22(33-4)8-6-20/h5-14,16H,1-4H3/b21-13+. The highest BCUT2D eigenvalue weighted by Gasteiger charge is 2.16. The number of esters is 1. The van der Waals surface area contributed by atoms with Crippen molar-refractivity contribution in [3.8, 4) is 29.1 Å². The molecule has 4 aromatic rings. The maximum atomic E-state index is 13.0. The number of methoxy groups -OCH3 is 1. The first-order chi connectivity index (χ1) is 17.3. The molecule has 1 aromatic heterocycles. The molecule has 0 saturated heterocycles. The summed E-state index contributed by atoms with van der Waals surface area (Å²) in [5, 5.41) is 9.70. The van der Waals surface area contributed by atoms with Gasteiger partial charge in [0.2, 0.25) is 11.2 Å². The normalized spacial score (nSPS) is 11.1.